The molecule has 88 valence electrons. The summed E-state index contributed by atoms with van der Waals surface area (Å²) in [4.78, 5) is 4.76. The first-order chi connectivity index (χ1) is 7.79. The van der Waals surface area contributed by atoms with Gasteiger partial charge in [-0.25, -0.2) is 0 Å². The molecule has 1 fully saturated rings. The van der Waals surface area contributed by atoms with Gasteiger partial charge in [-0.1, -0.05) is 24.6 Å². The number of hydrogen-bond acceptors (Lipinski definition) is 2. The Labute approximate surface area is 103 Å². The summed E-state index contributed by atoms with van der Waals surface area (Å²) in [7, 11) is 0. The van der Waals surface area contributed by atoms with Crippen LogP contribution in [0.4, 0.5) is 0 Å². The predicted molar refractivity (Wildman–Crippen MR) is 69.2 cm³/mol. The highest BCUT2D eigenvalue weighted by atomic mass is 35.5. The van der Waals surface area contributed by atoms with Crippen LogP contribution in [0.25, 0.3) is 0 Å². The molecule has 0 saturated carbocycles. The van der Waals surface area contributed by atoms with Crippen LogP contribution in [0.2, 0.25) is 0 Å². The first kappa shape index (κ1) is 11.7. The fraction of sp³-hybridized carbons (Fsp3) is 0.538. The summed E-state index contributed by atoms with van der Waals surface area (Å²) in [5.41, 5.74) is 0. The zero-order chi connectivity index (χ0) is 11.4. The van der Waals surface area contributed by atoms with Gasteiger partial charge in [-0.05, 0) is 31.5 Å². The fourth-order valence-corrected chi connectivity index (χ4v) is 2.47. The normalized spacial score (nSPS) is 23.4. The number of likely N-dealkylation sites (tertiary alicyclic amines) is 1. The molecule has 3 heteroatoms. The molecule has 0 aliphatic carbocycles. The third-order valence-corrected chi connectivity index (χ3v) is 3.55. The highest BCUT2D eigenvalue weighted by molar-refractivity contribution is 6.31. The Morgan fingerprint density at radius 1 is 1.31 bits per heavy atom. The third kappa shape index (κ3) is 2.89. The molecule has 0 radical (unpaired) electrons. The Hall–Kier alpha value is -0.730. The monoisotopic (exact) mass is 238 g/mol. The van der Waals surface area contributed by atoms with Crippen molar-refractivity contribution in [1.29, 1.82) is 0 Å². The van der Waals surface area contributed by atoms with E-state index in [4.69, 9.17) is 11.6 Å². The maximum atomic E-state index is 6.07. The molecule has 0 spiro atoms. The molecule has 2 rings (SSSR count). The smallest absolute Gasteiger partial charge is 0.0568 e. The van der Waals surface area contributed by atoms with E-state index in [0.717, 1.165) is 5.03 Å². The van der Waals surface area contributed by atoms with Gasteiger partial charge in [0.2, 0.25) is 0 Å². The standard InChI is InChI=1S/C13H19ClN2/c1-2-15-9-6-13(7-10-15)16-8-4-3-5-12(14)11-16/h3-5,8,11,13H,2,6-7,9-10H2,1H3. The predicted octanol–water partition coefficient (Wildman–Crippen LogP) is 2.94. The van der Waals surface area contributed by atoms with E-state index in [-0.39, 0.29) is 0 Å². The van der Waals surface area contributed by atoms with Gasteiger partial charge in [0.05, 0.1) is 5.03 Å². The molecule has 2 aliphatic heterocycles. The van der Waals surface area contributed by atoms with Crippen LogP contribution in [0.15, 0.2) is 35.7 Å². The van der Waals surface area contributed by atoms with Gasteiger partial charge in [0.1, 0.15) is 0 Å². The van der Waals surface area contributed by atoms with Crippen LogP contribution in [0.5, 0.6) is 0 Å². The molecule has 16 heavy (non-hydrogen) atoms. The van der Waals surface area contributed by atoms with Crippen molar-refractivity contribution in [3.8, 4) is 0 Å². The highest BCUT2D eigenvalue weighted by Gasteiger charge is 2.21. The Morgan fingerprint density at radius 3 is 2.75 bits per heavy atom. The molecule has 2 heterocycles. The van der Waals surface area contributed by atoms with E-state index < -0.39 is 0 Å². The Balaban J connectivity index is 1.96. The highest BCUT2D eigenvalue weighted by Crippen LogP contribution is 2.20. The lowest BCUT2D eigenvalue weighted by Crippen LogP contribution is -2.41. The SMILES string of the molecule is CCN1CCC(N2C=CC=CC(Cl)=C2)CC1. The van der Waals surface area contributed by atoms with Crippen molar-refractivity contribution in [2.24, 2.45) is 0 Å². The van der Waals surface area contributed by atoms with Gasteiger partial charge in [0, 0.05) is 31.5 Å². The van der Waals surface area contributed by atoms with Crippen molar-refractivity contribution in [1.82, 2.24) is 9.80 Å². The van der Waals surface area contributed by atoms with E-state index in [2.05, 4.69) is 29.0 Å². The number of rotatable bonds is 2. The molecule has 0 aromatic carbocycles. The number of nitrogens with zero attached hydrogens (tertiary/aromatic N) is 2. The first-order valence-corrected chi connectivity index (χ1v) is 6.39. The lowest BCUT2D eigenvalue weighted by molar-refractivity contribution is 0.171. The average molecular weight is 239 g/mol. The van der Waals surface area contributed by atoms with Gasteiger partial charge in [0.25, 0.3) is 0 Å². The Morgan fingerprint density at radius 2 is 2.06 bits per heavy atom. The molecular weight excluding hydrogens is 220 g/mol. The molecule has 2 aliphatic rings. The minimum absolute atomic E-state index is 0.604. The first-order valence-electron chi connectivity index (χ1n) is 6.01. The van der Waals surface area contributed by atoms with Gasteiger partial charge in [-0.15, -0.1) is 0 Å². The van der Waals surface area contributed by atoms with Crippen molar-refractivity contribution >= 4 is 11.6 Å². The number of piperidine rings is 1. The minimum Gasteiger partial charge on any atom is -0.350 e. The summed E-state index contributed by atoms with van der Waals surface area (Å²) in [6.45, 7) is 5.79. The zero-order valence-electron chi connectivity index (χ0n) is 9.77. The number of hydrogen-bond donors (Lipinski definition) is 0. The van der Waals surface area contributed by atoms with Crippen molar-refractivity contribution in [2.45, 2.75) is 25.8 Å². The van der Waals surface area contributed by atoms with Crippen molar-refractivity contribution in [3.05, 3.63) is 35.7 Å². The molecule has 2 nitrogen and oxygen atoms in total. The summed E-state index contributed by atoms with van der Waals surface area (Å²) in [5, 5.41) is 0.808. The summed E-state index contributed by atoms with van der Waals surface area (Å²) < 4.78 is 0. The van der Waals surface area contributed by atoms with Crippen LogP contribution in [0, 0.1) is 0 Å². The van der Waals surface area contributed by atoms with Crippen molar-refractivity contribution < 1.29 is 0 Å². The van der Waals surface area contributed by atoms with Gasteiger partial charge in [-0.3, -0.25) is 0 Å². The van der Waals surface area contributed by atoms with E-state index >= 15 is 0 Å². The van der Waals surface area contributed by atoms with E-state index in [9.17, 15) is 0 Å². The molecule has 0 N–H and O–H groups in total. The van der Waals surface area contributed by atoms with Crippen LogP contribution in [0.3, 0.4) is 0 Å². The van der Waals surface area contributed by atoms with E-state index in [1.807, 2.05) is 18.4 Å². The van der Waals surface area contributed by atoms with Crippen molar-refractivity contribution in [2.75, 3.05) is 19.6 Å². The summed E-state index contributed by atoms with van der Waals surface area (Å²) in [6, 6.07) is 0.604. The topological polar surface area (TPSA) is 6.48 Å². The lowest BCUT2D eigenvalue weighted by Gasteiger charge is -2.36. The third-order valence-electron chi connectivity index (χ3n) is 3.32. The largest absolute Gasteiger partial charge is 0.350 e. The van der Waals surface area contributed by atoms with Crippen LogP contribution in [-0.4, -0.2) is 35.5 Å². The molecule has 0 aromatic rings. The molecule has 0 atom stereocenters. The second-order valence-corrected chi connectivity index (χ2v) is 4.76. The van der Waals surface area contributed by atoms with E-state index in [1.165, 1.54) is 32.5 Å². The Bertz CT molecular complexity index is 312. The maximum absolute atomic E-state index is 6.07. The van der Waals surface area contributed by atoms with Crippen LogP contribution in [0.1, 0.15) is 19.8 Å². The molecule has 0 bridgehead atoms. The van der Waals surface area contributed by atoms with Crippen LogP contribution >= 0.6 is 11.6 Å². The minimum atomic E-state index is 0.604. The van der Waals surface area contributed by atoms with Gasteiger partial charge in [0.15, 0.2) is 0 Å². The van der Waals surface area contributed by atoms with Gasteiger partial charge >= 0.3 is 0 Å². The summed E-state index contributed by atoms with van der Waals surface area (Å²) in [6.07, 6.45) is 12.6. The zero-order valence-corrected chi connectivity index (χ0v) is 10.5. The van der Waals surface area contributed by atoms with Gasteiger partial charge in [-0.2, -0.15) is 0 Å². The second kappa shape index (κ2) is 5.55. The average Bonchev–Trinajstić information content (AvgIpc) is 2.54. The van der Waals surface area contributed by atoms with Crippen LogP contribution in [-0.2, 0) is 0 Å². The van der Waals surface area contributed by atoms with E-state index in [0.29, 0.717) is 6.04 Å². The van der Waals surface area contributed by atoms with E-state index in [1.54, 1.807) is 0 Å². The molecule has 0 amide bonds. The second-order valence-electron chi connectivity index (χ2n) is 4.33. The summed E-state index contributed by atoms with van der Waals surface area (Å²) in [5.74, 6) is 0. The van der Waals surface area contributed by atoms with Crippen molar-refractivity contribution in [3.63, 3.8) is 0 Å². The van der Waals surface area contributed by atoms with Gasteiger partial charge < -0.3 is 9.80 Å². The summed E-state index contributed by atoms with van der Waals surface area (Å²) >= 11 is 6.07. The molecule has 0 unspecified atom stereocenters. The molecule has 1 saturated heterocycles. The fourth-order valence-electron chi connectivity index (χ4n) is 2.29. The number of allylic oxidation sites excluding steroid dienone is 4. The number of halogens is 1. The molecular formula is C13H19ClN2. The van der Waals surface area contributed by atoms with Crippen LogP contribution < -0.4 is 0 Å². The molecule has 0 aromatic heterocycles. The quantitative estimate of drug-likeness (QED) is 0.730. The Kier molecular flexibility index (Phi) is 4.08. The maximum Gasteiger partial charge on any atom is 0.0568 e. The lowest BCUT2D eigenvalue weighted by atomic mass is 10.0.